The van der Waals surface area contributed by atoms with E-state index in [1.165, 1.54) is 11.3 Å². The number of hydrogen-bond donors (Lipinski definition) is 0. The summed E-state index contributed by atoms with van der Waals surface area (Å²) in [5, 5.41) is 0. The molecule has 1 aromatic heterocycles. The van der Waals surface area contributed by atoms with Gasteiger partial charge < -0.3 is 9.69 Å². The van der Waals surface area contributed by atoms with Crippen molar-refractivity contribution < 1.29 is 9.59 Å². The highest BCUT2D eigenvalue weighted by Crippen LogP contribution is 2.22. The number of amides is 1. The lowest BCUT2D eigenvalue weighted by atomic mass is 10.00. The maximum atomic E-state index is 12.2. The van der Waals surface area contributed by atoms with E-state index in [1.807, 2.05) is 12.1 Å². The number of nitrogens with zero attached hydrogens (tertiary/aromatic N) is 2. The first-order chi connectivity index (χ1) is 9.58. The Morgan fingerprint density at radius 1 is 1.60 bits per heavy atom. The van der Waals surface area contributed by atoms with Crippen LogP contribution in [-0.4, -0.2) is 48.7 Å². The summed E-state index contributed by atoms with van der Waals surface area (Å²) in [5.41, 5.74) is 0. The Kier molecular flexibility index (Phi) is 5.57. The van der Waals surface area contributed by atoms with E-state index in [0.29, 0.717) is 19.6 Å². The molecule has 1 aromatic rings. The molecule has 1 saturated heterocycles. The summed E-state index contributed by atoms with van der Waals surface area (Å²) in [7, 11) is 1.80. The van der Waals surface area contributed by atoms with E-state index >= 15 is 0 Å². The van der Waals surface area contributed by atoms with Gasteiger partial charge in [-0.1, -0.05) is 11.6 Å². The second-order valence-corrected chi connectivity index (χ2v) is 7.03. The van der Waals surface area contributed by atoms with Crippen molar-refractivity contribution in [2.75, 3.05) is 26.7 Å². The van der Waals surface area contributed by atoms with Crippen LogP contribution in [0.15, 0.2) is 12.1 Å². The average molecular weight is 315 g/mol. The molecule has 0 aromatic carbocycles. The number of carbonyl (C=O) groups is 2. The maximum Gasteiger partial charge on any atom is 0.236 e. The predicted octanol–water partition coefficient (Wildman–Crippen LogP) is 2.27. The molecule has 2 heterocycles. The Balaban J connectivity index is 1.82. The molecular weight excluding hydrogens is 296 g/mol. The number of rotatable bonds is 5. The summed E-state index contributed by atoms with van der Waals surface area (Å²) < 4.78 is 0.741. The summed E-state index contributed by atoms with van der Waals surface area (Å²) >= 11 is 7.38. The van der Waals surface area contributed by atoms with E-state index < -0.39 is 0 Å². The number of hydrogen-bond acceptors (Lipinski definition) is 4. The number of likely N-dealkylation sites (tertiary alicyclic amines) is 1. The van der Waals surface area contributed by atoms with Crippen molar-refractivity contribution in [3.63, 3.8) is 0 Å². The van der Waals surface area contributed by atoms with Gasteiger partial charge >= 0.3 is 0 Å². The fourth-order valence-corrected chi connectivity index (χ4v) is 3.56. The van der Waals surface area contributed by atoms with Crippen LogP contribution in [0.2, 0.25) is 4.34 Å². The number of likely N-dealkylation sites (N-methyl/N-ethyl adjacent to an activating group) is 1. The minimum atomic E-state index is 0.0814. The maximum absolute atomic E-state index is 12.2. The molecule has 0 spiro atoms. The lowest BCUT2D eigenvalue weighted by molar-refractivity contribution is -0.132. The fourth-order valence-electron chi connectivity index (χ4n) is 2.42. The number of thiophene rings is 1. The van der Waals surface area contributed by atoms with Gasteiger partial charge in [0.15, 0.2) is 0 Å². The van der Waals surface area contributed by atoms with E-state index in [9.17, 15) is 9.59 Å². The SMILES string of the molecule is CN(Cc1ccc(Cl)s1)C(=O)CN1CCCC(C=O)C1. The van der Waals surface area contributed by atoms with Gasteiger partial charge in [0, 0.05) is 24.4 Å². The van der Waals surface area contributed by atoms with Crippen LogP contribution in [0.4, 0.5) is 0 Å². The lowest BCUT2D eigenvalue weighted by Gasteiger charge is -2.30. The van der Waals surface area contributed by atoms with Crippen molar-refractivity contribution in [2.24, 2.45) is 5.92 Å². The first kappa shape index (κ1) is 15.5. The molecule has 1 fully saturated rings. The van der Waals surface area contributed by atoms with Crippen molar-refractivity contribution >= 4 is 35.1 Å². The van der Waals surface area contributed by atoms with Crippen LogP contribution < -0.4 is 0 Å². The highest BCUT2D eigenvalue weighted by atomic mass is 35.5. The van der Waals surface area contributed by atoms with Crippen LogP contribution in [-0.2, 0) is 16.1 Å². The van der Waals surface area contributed by atoms with Gasteiger partial charge in [0.25, 0.3) is 0 Å². The Morgan fingerprint density at radius 2 is 2.40 bits per heavy atom. The molecule has 1 aliphatic heterocycles. The molecule has 1 unspecified atom stereocenters. The Morgan fingerprint density at radius 3 is 3.05 bits per heavy atom. The molecule has 0 saturated carbocycles. The van der Waals surface area contributed by atoms with Crippen molar-refractivity contribution in [1.29, 1.82) is 0 Å². The molecular formula is C14H19ClN2O2S. The van der Waals surface area contributed by atoms with Gasteiger partial charge in [0.05, 0.1) is 17.4 Å². The largest absolute Gasteiger partial charge is 0.340 e. The molecule has 1 amide bonds. The van der Waals surface area contributed by atoms with Gasteiger partial charge in [0.1, 0.15) is 6.29 Å². The van der Waals surface area contributed by atoms with E-state index in [2.05, 4.69) is 4.90 Å². The minimum Gasteiger partial charge on any atom is -0.340 e. The van der Waals surface area contributed by atoms with Crippen molar-refractivity contribution in [2.45, 2.75) is 19.4 Å². The molecule has 1 aliphatic rings. The van der Waals surface area contributed by atoms with Crippen LogP contribution in [0, 0.1) is 5.92 Å². The van der Waals surface area contributed by atoms with E-state index in [-0.39, 0.29) is 11.8 Å². The molecule has 4 nitrogen and oxygen atoms in total. The number of carbonyl (C=O) groups excluding carboxylic acids is 2. The second-order valence-electron chi connectivity index (χ2n) is 5.23. The summed E-state index contributed by atoms with van der Waals surface area (Å²) in [4.78, 5) is 27.9. The van der Waals surface area contributed by atoms with Gasteiger partial charge in [-0.3, -0.25) is 9.69 Å². The smallest absolute Gasteiger partial charge is 0.236 e. The molecule has 20 heavy (non-hydrogen) atoms. The van der Waals surface area contributed by atoms with Gasteiger partial charge in [-0.25, -0.2) is 0 Å². The standard InChI is InChI=1S/C14H19ClN2O2S/c1-16(8-12-4-5-13(15)20-12)14(19)9-17-6-2-3-11(7-17)10-18/h4-5,10-11H,2-3,6-9H2,1H3. The topological polar surface area (TPSA) is 40.6 Å². The Labute approximate surface area is 128 Å². The van der Waals surface area contributed by atoms with Crippen LogP contribution in [0.25, 0.3) is 0 Å². The molecule has 1 atom stereocenters. The highest BCUT2D eigenvalue weighted by Gasteiger charge is 2.22. The van der Waals surface area contributed by atoms with Crippen molar-refractivity contribution in [3.8, 4) is 0 Å². The molecule has 0 bridgehead atoms. The molecule has 110 valence electrons. The molecule has 2 rings (SSSR count). The average Bonchev–Trinajstić information content (AvgIpc) is 2.84. The van der Waals surface area contributed by atoms with Crippen molar-refractivity contribution in [3.05, 3.63) is 21.3 Å². The Bertz CT molecular complexity index is 477. The predicted molar refractivity (Wildman–Crippen MR) is 81.0 cm³/mol. The zero-order valence-electron chi connectivity index (χ0n) is 11.5. The van der Waals surface area contributed by atoms with E-state index in [1.54, 1.807) is 11.9 Å². The lowest BCUT2D eigenvalue weighted by Crippen LogP contribution is -2.43. The number of piperidine rings is 1. The van der Waals surface area contributed by atoms with Crippen LogP contribution >= 0.6 is 22.9 Å². The number of halogens is 1. The first-order valence-electron chi connectivity index (χ1n) is 6.74. The van der Waals surface area contributed by atoms with Crippen LogP contribution in [0.3, 0.4) is 0 Å². The van der Waals surface area contributed by atoms with Gasteiger partial charge in [0.2, 0.25) is 5.91 Å². The molecule has 0 radical (unpaired) electrons. The van der Waals surface area contributed by atoms with E-state index in [0.717, 1.165) is 34.9 Å². The third kappa shape index (κ3) is 4.30. The Hall–Kier alpha value is -0.910. The summed E-state index contributed by atoms with van der Waals surface area (Å²) in [6.45, 7) is 2.57. The molecule has 0 aliphatic carbocycles. The minimum absolute atomic E-state index is 0.0814. The zero-order valence-corrected chi connectivity index (χ0v) is 13.1. The quantitative estimate of drug-likeness (QED) is 0.783. The molecule has 6 heteroatoms. The van der Waals surface area contributed by atoms with Gasteiger partial charge in [-0.2, -0.15) is 0 Å². The monoisotopic (exact) mass is 314 g/mol. The zero-order chi connectivity index (χ0) is 14.5. The summed E-state index contributed by atoms with van der Waals surface area (Å²) in [6.07, 6.45) is 2.94. The summed E-state index contributed by atoms with van der Waals surface area (Å²) in [5.74, 6) is 0.166. The fraction of sp³-hybridized carbons (Fsp3) is 0.571. The van der Waals surface area contributed by atoms with Gasteiger partial charge in [-0.05, 0) is 31.5 Å². The van der Waals surface area contributed by atoms with Crippen molar-refractivity contribution in [1.82, 2.24) is 9.80 Å². The second kappa shape index (κ2) is 7.20. The van der Waals surface area contributed by atoms with Crippen LogP contribution in [0.1, 0.15) is 17.7 Å². The summed E-state index contributed by atoms with van der Waals surface area (Å²) in [6, 6.07) is 3.79. The third-order valence-corrected chi connectivity index (χ3v) is 4.76. The normalized spacial score (nSPS) is 19.8. The highest BCUT2D eigenvalue weighted by molar-refractivity contribution is 7.16. The molecule has 0 N–H and O–H groups in total. The third-order valence-electron chi connectivity index (χ3n) is 3.54. The number of aldehydes is 1. The van der Waals surface area contributed by atoms with Gasteiger partial charge in [-0.15, -0.1) is 11.3 Å². The van der Waals surface area contributed by atoms with E-state index in [4.69, 9.17) is 11.6 Å². The first-order valence-corrected chi connectivity index (χ1v) is 7.93. The van der Waals surface area contributed by atoms with Crippen LogP contribution in [0.5, 0.6) is 0 Å².